The number of carboxylic acid groups (broad SMARTS) is 1. The molecule has 2 heterocycles. The van der Waals surface area contributed by atoms with Gasteiger partial charge in [-0.1, -0.05) is 6.07 Å². The van der Waals surface area contributed by atoms with E-state index in [1.165, 1.54) is 25.5 Å². The van der Waals surface area contributed by atoms with Crippen molar-refractivity contribution in [1.82, 2.24) is 14.7 Å². The van der Waals surface area contributed by atoms with Gasteiger partial charge in [0.05, 0.1) is 29.5 Å². The average Bonchev–Trinajstić information content (AvgIpc) is 2.89. The molecule has 11 nitrogen and oxygen atoms in total. The molecule has 4 rings (SSSR count). The van der Waals surface area contributed by atoms with Gasteiger partial charge in [-0.2, -0.15) is 13.2 Å². The number of carboxylic acids is 1. The van der Waals surface area contributed by atoms with Crippen molar-refractivity contribution in [3.05, 3.63) is 60.7 Å². The lowest BCUT2D eigenvalue weighted by Gasteiger charge is -2.31. The molecular formula is C23H24F4N6O5S. The molecule has 1 fully saturated rings. The van der Waals surface area contributed by atoms with Crippen molar-refractivity contribution in [2.45, 2.75) is 11.1 Å². The Morgan fingerprint density at radius 2 is 1.67 bits per heavy atom. The minimum Gasteiger partial charge on any atom is -0.475 e. The van der Waals surface area contributed by atoms with Crippen molar-refractivity contribution >= 4 is 44.7 Å². The van der Waals surface area contributed by atoms with Crippen LogP contribution >= 0.6 is 0 Å². The Morgan fingerprint density at radius 3 is 2.26 bits per heavy atom. The van der Waals surface area contributed by atoms with Crippen LogP contribution in [0.1, 0.15) is 0 Å². The molecule has 3 aromatic rings. The minimum atomic E-state index is -5.08. The zero-order valence-corrected chi connectivity index (χ0v) is 21.2. The summed E-state index contributed by atoms with van der Waals surface area (Å²) in [5, 5.41) is 13.4. The van der Waals surface area contributed by atoms with Gasteiger partial charge in [0, 0.05) is 24.8 Å². The van der Waals surface area contributed by atoms with Gasteiger partial charge in [0.1, 0.15) is 23.8 Å². The number of rotatable bonds is 7. The largest absolute Gasteiger partial charge is 0.490 e. The number of carbonyl (C=O) groups is 1. The first-order valence-electron chi connectivity index (χ1n) is 11.2. The fourth-order valence-corrected chi connectivity index (χ4v) is 4.08. The van der Waals surface area contributed by atoms with Crippen molar-refractivity contribution in [3.63, 3.8) is 0 Å². The fraction of sp³-hybridized carbons (Fsp3) is 0.261. The zero-order valence-electron chi connectivity index (χ0n) is 20.4. The summed E-state index contributed by atoms with van der Waals surface area (Å²) in [7, 11) is -2.26. The standard InChI is InChI=1S/C21H23FN6O3S.C2HF3O2/c1-23-32(29,30)17-5-6-19(28-7-9-31-10-8-28)18(12-17)27-21-13-20(24-14-25-21)26-16-4-2-3-15(22)11-16;3-2(4,5)1(6)7/h2-6,11-14,23H,7-10H2,1H3,(H2,24,25,26,27);(H,6,7). The third kappa shape index (κ3) is 8.49. The van der Waals surface area contributed by atoms with E-state index in [4.69, 9.17) is 14.6 Å². The molecule has 1 saturated heterocycles. The summed E-state index contributed by atoms with van der Waals surface area (Å²) in [6.45, 7) is 2.54. The van der Waals surface area contributed by atoms with Crippen molar-refractivity contribution in [3.8, 4) is 0 Å². The normalized spacial score (nSPS) is 13.7. The quantitative estimate of drug-likeness (QED) is 0.311. The Labute approximate surface area is 220 Å². The second kappa shape index (κ2) is 12.7. The molecule has 2 aromatic carbocycles. The van der Waals surface area contributed by atoms with Gasteiger partial charge in [-0.05, 0) is 43.4 Å². The number of nitrogens with zero attached hydrogens (tertiary/aromatic N) is 3. The van der Waals surface area contributed by atoms with Crippen molar-refractivity contribution in [2.24, 2.45) is 0 Å². The summed E-state index contributed by atoms with van der Waals surface area (Å²) in [5.41, 5.74) is 1.96. The molecule has 1 aromatic heterocycles. The maximum atomic E-state index is 13.5. The van der Waals surface area contributed by atoms with Gasteiger partial charge < -0.3 is 25.4 Å². The van der Waals surface area contributed by atoms with Crippen LogP contribution in [0, 0.1) is 5.82 Å². The Morgan fingerprint density at radius 1 is 1.03 bits per heavy atom. The lowest BCUT2D eigenvalue weighted by Crippen LogP contribution is -2.36. The molecule has 0 bridgehead atoms. The lowest BCUT2D eigenvalue weighted by molar-refractivity contribution is -0.192. The molecule has 0 spiro atoms. The van der Waals surface area contributed by atoms with E-state index < -0.39 is 22.2 Å². The van der Waals surface area contributed by atoms with E-state index in [2.05, 4.69) is 30.2 Å². The molecule has 0 unspecified atom stereocenters. The summed E-state index contributed by atoms with van der Waals surface area (Å²) >= 11 is 0. The van der Waals surface area contributed by atoms with E-state index in [0.717, 1.165) is 5.69 Å². The average molecular weight is 573 g/mol. The number of nitrogens with one attached hydrogen (secondary N) is 3. The molecule has 1 aliphatic heterocycles. The number of aromatic nitrogens is 2. The second-order valence-corrected chi connectivity index (χ2v) is 9.72. The number of anilines is 5. The monoisotopic (exact) mass is 572 g/mol. The van der Waals surface area contributed by atoms with E-state index >= 15 is 0 Å². The molecule has 0 radical (unpaired) electrons. The van der Waals surface area contributed by atoms with Crippen LogP contribution in [0.25, 0.3) is 0 Å². The van der Waals surface area contributed by atoms with Gasteiger partial charge in [-0.15, -0.1) is 0 Å². The van der Waals surface area contributed by atoms with Crippen molar-refractivity contribution < 1.29 is 40.6 Å². The Balaban J connectivity index is 0.000000532. The van der Waals surface area contributed by atoms with Crippen LogP contribution in [0.2, 0.25) is 0 Å². The van der Waals surface area contributed by atoms with Crippen molar-refractivity contribution in [2.75, 3.05) is 48.9 Å². The first-order chi connectivity index (χ1) is 18.4. The summed E-state index contributed by atoms with van der Waals surface area (Å²) in [5.74, 6) is -2.21. The third-order valence-electron chi connectivity index (χ3n) is 5.17. The maximum Gasteiger partial charge on any atom is 0.490 e. The summed E-state index contributed by atoms with van der Waals surface area (Å²) < 4.78 is 77.6. The summed E-state index contributed by atoms with van der Waals surface area (Å²) in [6, 6.07) is 12.6. The van der Waals surface area contributed by atoms with Gasteiger partial charge in [-0.3, -0.25) is 0 Å². The molecule has 4 N–H and O–H groups in total. The predicted octanol–water partition coefficient (Wildman–Crippen LogP) is 3.48. The number of alkyl halides is 3. The first-order valence-corrected chi connectivity index (χ1v) is 12.7. The van der Waals surface area contributed by atoms with Gasteiger partial charge in [0.25, 0.3) is 0 Å². The highest BCUT2D eigenvalue weighted by atomic mass is 32.2. The topological polar surface area (TPSA) is 146 Å². The number of ether oxygens (including phenoxy) is 1. The smallest absolute Gasteiger partial charge is 0.475 e. The molecule has 1 aliphatic rings. The van der Waals surface area contributed by atoms with Crippen LogP contribution in [0.3, 0.4) is 0 Å². The molecule has 0 aliphatic carbocycles. The highest BCUT2D eigenvalue weighted by Crippen LogP contribution is 2.32. The van der Waals surface area contributed by atoms with E-state index in [0.29, 0.717) is 49.3 Å². The van der Waals surface area contributed by atoms with Crippen LogP contribution < -0.4 is 20.3 Å². The Hall–Kier alpha value is -4.02. The molecular weight excluding hydrogens is 548 g/mol. The number of halogens is 4. The molecule has 0 atom stereocenters. The lowest BCUT2D eigenvalue weighted by atomic mass is 10.2. The highest BCUT2D eigenvalue weighted by molar-refractivity contribution is 7.89. The fourth-order valence-electron chi connectivity index (χ4n) is 3.33. The third-order valence-corrected chi connectivity index (χ3v) is 6.58. The molecule has 39 heavy (non-hydrogen) atoms. The number of hydrogen-bond donors (Lipinski definition) is 4. The predicted molar refractivity (Wildman–Crippen MR) is 134 cm³/mol. The Kier molecular flexibility index (Phi) is 9.61. The zero-order chi connectivity index (χ0) is 28.6. The molecule has 0 amide bonds. The molecule has 16 heteroatoms. The van der Waals surface area contributed by atoms with Crippen molar-refractivity contribution in [1.29, 1.82) is 0 Å². The Bertz CT molecular complexity index is 1400. The van der Waals surface area contributed by atoms with Crippen LogP contribution in [0.4, 0.5) is 46.3 Å². The molecule has 210 valence electrons. The van der Waals surface area contributed by atoms with Crippen LogP contribution in [0.5, 0.6) is 0 Å². The first kappa shape index (κ1) is 29.5. The van der Waals surface area contributed by atoms with E-state index in [1.807, 2.05) is 0 Å². The number of morpholine rings is 1. The number of sulfonamides is 1. The van der Waals surface area contributed by atoms with E-state index in [1.54, 1.807) is 36.4 Å². The van der Waals surface area contributed by atoms with Crippen LogP contribution in [-0.4, -0.2) is 69.0 Å². The van der Waals surface area contributed by atoms with Gasteiger partial charge in [0.2, 0.25) is 10.0 Å². The minimum absolute atomic E-state index is 0.131. The number of benzene rings is 2. The second-order valence-electron chi connectivity index (χ2n) is 7.84. The van der Waals surface area contributed by atoms with E-state index in [9.17, 15) is 26.0 Å². The highest BCUT2D eigenvalue weighted by Gasteiger charge is 2.38. The summed E-state index contributed by atoms with van der Waals surface area (Å²) in [6.07, 6.45) is -3.72. The maximum absolute atomic E-state index is 13.5. The molecule has 0 saturated carbocycles. The summed E-state index contributed by atoms with van der Waals surface area (Å²) in [4.78, 5) is 19.6. The number of aliphatic carboxylic acids is 1. The van der Waals surface area contributed by atoms with Crippen LogP contribution in [-0.2, 0) is 19.6 Å². The van der Waals surface area contributed by atoms with Gasteiger partial charge in [-0.25, -0.2) is 32.3 Å². The SMILES string of the molecule is CNS(=O)(=O)c1ccc(N2CCOCC2)c(Nc2cc(Nc3cccc(F)c3)ncn2)c1.O=C(O)C(F)(F)F. The van der Waals surface area contributed by atoms with Gasteiger partial charge in [0.15, 0.2) is 0 Å². The van der Waals surface area contributed by atoms with E-state index in [-0.39, 0.29) is 10.7 Å². The number of hydrogen-bond acceptors (Lipinski definition) is 9. The van der Waals surface area contributed by atoms with Crippen LogP contribution in [0.15, 0.2) is 59.8 Å². The van der Waals surface area contributed by atoms with Gasteiger partial charge >= 0.3 is 12.1 Å².